The van der Waals surface area contributed by atoms with Gasteiger partial charge in [0.25, 0.3) is 0 Å². The highest BCUT2D eigenvalue weighted by atomic mass is 127. The summed E-state index contributed by atoms with van der Waals surface area (Å²) in [5.41, 5.74) is 0.970. The standard InChI is InChI=1S/C19H26N4O3S2.HI/c1-20-19(22-14-17-5-3-11-27-17)21-12-15-6-8-18(9-7-15)28(24,25)23-13-16-4-2-10-26-16;/h3,5-9,11,16,23H,2,4,10,12-14H2,1H3,(H2,20,21,22);1H. The van der Waals surface area contributed by atoms with Gasteiger partial charge in [0.05, 0.1) is 17.5 Å². The number of thiophene rings is 1. The van der Waals surface area contributed by atoms with E-state index in [-0.39, 0.29) is 35.0 Å². The maximum atomic E-state index is 12.4. The molecule has 7 nitrogen and oxygen atoms in total. The van der Waals surface area contributed by atoms with Crippen molar-refractivity contribution in [3.8, 4) is 0 Å². The van der Waals surface area contributed by atoms with E-state index >= 15 is 0 Å². The van der Waals surface area contributed by atoms with Crippen molar-refractivity contribution in [1.29, 1.82) is 0 Å². The Morgan fingerprint density at radius 1 is 1.21 bits per heavy atom. The average Bonchev–Trinajstić information content (AvgIpc) is 3.41. The number of benzene rings is 1. The molecule has 1 aromatic heterocycles. The molecule has 3 N–H and O–H groups in total. The van der Waals surface area contributed by atoms with Gasteiger partial charge in [-0.05, 0) is 42.0 Å². The Balaban J connectivity index is 0.00000300. The summed E-state index contributed by atoms with van der Waals surface area (Å²) in [5, 5.41) is 8.52. The molecule has 0 radical (unpaired) electrons. The number of guanidine groups is 1. The second-order valence-corrected chi connectivity index (χ2v) is 9.29. The molecule has 10 heteroatoms. The highest BCUT2D eigenvalue weighted by Gasteiger charge is 2.20. The summed E-state index contributed by atoms with van der Waals surface area (Å²) < 4.78 is 32.9. The number of nitrogens with zero attached hydrogens (tertiary/aromatic N) is 1. The lowest BCUT2D eigenvalue weighted by Crippen LogP contribution is -2.36. The van der Waals surface area contributed by atoms with E-state index in [0.29, 0.717) is 32.2 Å². The van der Waals surface area contributed by atoms with Gasteiger partial charge in [-0.15, -0.1) is 35.3 Å². The first-order valence-electron chi connectivity index (χ1n) is 9.24. The SMILES string of the molecule is CN=C(NCc1ccc(S(=O)(=O)NCC2CCCO2)cc1)NCc1cccs1.I. The topological polar surface area (TPSA) is 91.8 Å². The first-order chi connectivity index (χ1) is 13.6. The lowest BCUT2D eigenvalue weighted by Gasteiger charge is -2.13. The molecule has 2 aromatic rings. The van der Waals surface area contributed by atoms with Crippen LogP contribution in [0.1, 0.15) is 23.3 Å². The molecule has 29 heavy (non-hydrogen) atoms. The Kier molecular flexibility index (Phi) is 9.83. The van der Waals surface area contributed by atoms with Crippen LogP contribution in [-0.2, 0) is 27.8 Å². The van der Waals surface area contributed by atoms with Crippen molar-refractivity contribution in [1.82, 2.24) is 15.4 Å². The van der Waals surface area contributed by atoms with Crippen molar-refractivity contribution in [2.24, 2.45) is 4.99 Å². The molecule has 1 saturated heterocycles. The van der Waals surface area contributed by atoms with Gasteiger partial charge in [0.15, 0.2) is 5.96 Å². The minimum absolute atomic E-state index is 0. The first kappa shape index (κ1) is 24.1. The van der Waals surface area contributed by atoms with Gasteiger partial charge in [-0.1, -0.05) is 18.2 Å². The third-order valence-electron chi connectivity index (χ3n) is 4.45. The predicted molar refractivity (Wildman–Crippen MR) is 127 cm³/mol. The summed E-state index contributed by atoms with van der Waals surface area (Å²) in [6.45, 7) is 2.29. The Morgan fingerprint density at radius 3 is 2.59 bits per heavy atom. The molecule has 1 fully saturated rings. The van der Waals surface area contributed by atoms with Gasteiger partial charge in [-0.2, -0.15) is 0 Å². The molecule has 3 rings (SSSR count). The van der Waals surface area contributed by atoms with E-state index in [4.69, 9.17) is 4.74 Å². The average molecular weight is 550 g/mol. The van der Waals surface area contributed by atoms with Gasteiger partial charge in [0, 0.05) is 31.6 Å². The first-order valence-corrected chi connectivity index (χ1v) is 11.6. The maximum absolute atomic E-state index is 12.4. The Hall–Kier alpha value is -1.21. The van der Waals surface area contributed by atoms with E-state index in [9.17, 15) is 8.42 Å². The molecular weight excluding hydrogens is 523 g/mol. The van der Waals surface area contributed by atoms with Crippen LogP contribution < -0.4 is 15.4 Å². The van der Waals surface area contributed by atoms with E-state index in [1.54, 1.807) is 42.6 Å². The quantitative estimate of drug-likeness (QED) is 0.267. The number of aliphatic imine (C=N–C) groups is 1. The van der Waals surface area contributed by atoms with Gasteiger partial charge in [0.2, 0.25) is 10.0 Å². The van der Waals surface area contributed by atoms with Crippen LogP contribution in [0.25, 0.3) is 0 Å². The molecule has 0 amide bonds. The van der Waals surface area contributed by atoms with Gasteiger partial charge in [-0.3, -0.25) is 4.99 Å². The molecule has 1 aromatic carbocycles. The van der Waals surface area contributed by atoms with Crippen LogP contribution in [-0.4, -0.2) is 40.7 Å². The lowest BCUT2D eigenvalue weighted by molar-refractivity contribution is 0.114. The molecular formula is C19H27IN4O3S2. The molecule has 0 spiro atoms. The number of rotatable bonds is 8. The zero-order chi connectivity index (χ0) is 19.8. The molecule has 1 atom stereocenters. The van der Waals surface area contributed by atoms with Gasteiger partial charge < -0.3 is 15.4 Å². The van der Waals surface area contributed by atoms with Crippen LogP contribution in [0.3, 0.4) is 0 Å². The normalized spacial score (nSPS) is 17.0. The Bertz CT molecular complexity index is 865. The number of hydrogen-bond acceptors (Lipinski definition) is 5. The molecule has 160 valence electrons. The van der Waals surface area contributed by atoms with Crippen molar-refractivity contribution in [3.63, 3.8) is 0 Å². The van der Waals surface area contributed by atoms with E-state index < -0.39 is 10.0 Å². The smallest absolute Gasteiger partial charge is 0.240 e. The van der Waals surface area contributed by atoms with E-state index in [2.05, 4.69) is 26.4 Å². The van der Waals surface area contributed by atoms with Crippen LogP contribution in [0, 0.1) is 0 Å². The third kappa shape index (κ3) is 7.52. The number of halogens is 1. The summed E-state index contributed by atoms with van der Waals surface area (Å²) in [6.07, 6.45) is 1.86. The van der Waals surface area contributed by atoms with E-state index in [1.165, 1.54) is 4.88 Å². The highest BCUT2D eigenvalue weighted by Crippen LogP contribution is 2.14. The number of hydrogen-bond donors (Lipinski definition) is 3. The molecule has 1 aliphatic rings. The highest BCUT2D eigenvalue weighted by molar-refractivity contribution is 14.0. The van der Waals surface area contributed by atoms with Gasteiger partial charge in [-0.25, -0.2) is 13.1 Å². The predicted octanol–water partition coefficient (Wildman–Crippen LogP) is 2.69. The van der Waals surface area contributed by atoms with Crippen molar-refractivity contribution in [2.45, 2.75) is 36.9 Å². The Labute approximate surface area is 193 Å². The largest absolute Gasteiger partial charge is 0.377 e. The van der Waals surface area contributed by atoms with Crippen LogP contribution in [0.2, 0.25) is 0 Å². The minimum atomic E-state index is -3.52. The maximum Gasteiger partial charge on any atom is 0.240 e. The number of ether oxygens (including phenoxy) is 1. The van der Waals surface area contributed by atoms with Crippen molar-refractivity contribution < 1.29 is 13.2 Å². The summed E-state index contributed by atoms with van der Waals surface area (Å²) in [4.78, 5) is 5.69. The Morgan fingerprint density at radius 2 is 1.97 bits per heavy atom. The third-order valence-corrected chi connectivity index (χ3v) is 6.77. The summed E-state index contributed by atoms with van der Waals surface area (Å²) in [5.74, 6) is 0.698. The number of sulfonamides is 1. The van der Waals surface area contributed by atoms with Crippen LogP contribution >= 0.6 is 35.3 Å². The van der Waals surface area contributed by atoms with Crippen molar-refractivity contribution in [2.75, 3.05) is 20.2 Å². The molecule has 1 unspecified atom stereocenters. The molecule has 1 aliphatic heterocycles. The van der Waals surface area contributed by atoms with E-state index in [0.717, 1.165) is 18.4 Å². The second-order valence-electron chi connectivity index (χ2n) is 6.49. The van der Waals surface area contributed by atoms with Crippen LogP contribution in [0.4, 0.5) is 0 Å². The molecule has 0 aliphatic carbocycles. The zero-order valence-electron chi connectivity index (χ0n) is 16.3. The monoisotopic (exact) mass is 550 g/mol. The summed E-state index contributed by atoms with van der Waals surface area (Å²) in [6, 6.07) is 10.9. The fourth-order valence-electron chi connectivity index (χ4n) is 2.87. The molecule has 0 bridgehead atoms. The lowest BCUT2D eigenvalue weighted by atomic mass is 10.2. The molecule has 2 heterocycles. The fourth-order valence-corrected chi connectivity index (χ4v) is 4.58. The van der Waals surface area contributed by atoms with Crippen LogP contribution in [0.15, 0.2) is 51.7 Å². The fraction of sp³-hybridized carbons (Fsp3) is 0.421. The van der Waals surface area contributed by atoms with Crippen LogP contribution in [0.5, 0.6) is 0 Å². The molecule has 0 saturated carbocycles. The van der Waals surface area contributed by atoms with Crippen molar-refractivity contribution in [3.05, 3.63) is 52.2 Å². The summed E-state index contributed by atoms with van der Waals surface area (Å²) in [7, 11) is -1.80. The van der Waals surface area contributed by atoms with Crippen molar-refractivity contribution >= 4 is 51.3 Å². The summed E-state index contributed by atoms with van der Waals surface area (Å²) >= 11 is 1.69. The minimum Gasteiger partial charge on any atom is -0.377 e. The van der Waals surface area contributed by atoms with E-state index in [1.807, 2.05) is 11.4 Å². The second kappa shape index (κ2) is 11.8. The van der Waals surface area contributed by atoms with Gasteiger partial charge >= 0.3 is 0 Å². The number of nitrogens with one attached hydrogen (secondary N) is 3. The van der Waals surface area contributed by atoms with Gasteiger partial charge in [0.1, 0.15) is 0 Å². The zero-order valence-corrected chi connectivity index (χ0v) is 20.2.